The molecule has 0 bridgehead atoms. The van der Waals surface area contributed by atoms with Gasteiger partial charge in [-0.15, -0.1) is 6.58 Å². The van der Waals surface area contributed by atoms with Crippen molar-refractivity contribution < 1.29 is 9.90 Å². The molecule has 1 N–H and O–H groups in total. The standard InChI is InChI=1S/C16H20BrNO2/c1-2-3-4-12-7-9-18(10-8-12)15-11-13(17)5-6-14(15)16(19)20/h2,5-6,11-12H,1,3-4,7-10H2,(H,19,20). The van der Waals surface area contributed by atoms with Crippen LogP contribution in [-0.2, 0) is 0 Å². The van der Waals surface area contributed by atoms with Crippen LogP contribution >= 0.6 is 15.9 Å². The van der Waals surface area contributed by atoms with Crippen molar-refractivity contribution in [2.75, 3.05) is 18.0 Å². The minimum absolute atomic E-state index is 0.387. The Kier molecular flexibility index (Phi) is 5.24. The molecule has 1 saturated heterocycles. The summed E-state index contributed by atoms with van der Waals surface area (Å²) in [5.74, 6) is -0.119. The number of benzene rings is 1. The predicted molar refractivity (Wildman–Crippen MR) is 85.5 cm³/mol. The van der Waals surface area contributed by atoms with Crippen LogP contribution in [-0.4, -0.2) is 24.2 Å². The normalized spacial score (nSPS) is 16.1. The lowest BCUT2D eigenvalue weighted by molar-refractivity contribution is 0.0697. The Bertz CT molecular complexity index is 493. The molecule has 0 unspecified atom stereocenters. The number of aromatic carboxylic acids is 1. The number of carboxylic acids is 1. The van der Waals surface area contributed by atoms with Gasteiger partial charge in [0.2, 0.25) is 0 Å². The Morgan fingerprint density at radius 2 is 2.15 bits per heavy atom. The minimum Gasteiger partial charge on any atom is -0.478 e. The zero-order valence-electron chi connectivity index (χ0n) is 11.5. The van der Waals surface area contributed by atoms with Gasteiger partial charge in [0.05, 0.1) is 11.3 Å². The highest BCUT2D eigenvalue weighted by molar-refractivity contribution is 9.10. The molecule has 1 heterocycles. The topological polar surface area (TPSA) is 40.5 Å². The van der Waals surface area contributed by atoms with Crippen LogP contribution in [0.4, 0.5) is 5.69 Å². The molecule has 1 aliphatic rings. The van der Waals surface area contributed by atoms with E-state index in [2.05, 4.69) is 27.4 Å². The lowest BCUT2D eigenvalue weighted by atomic mass is 9.91. The first-order chi connectivity index (χ1) is 9.61. The fourth-order valence-corrected chi connectivity index (χ4v) is 3.11. The number of carboxylic acid groups (broad SMARTS) is 1. The van der Waals surface area contributed by atoms with Gasteiger partial charge in [-0.1, -0.05) is 22.0 Å². The molecule has 20 heavy (non-hydrogen) atoms. The molecule has 3 nitrogen and oxygen atoms in total. The molecule has 4 heteroatoms. The Morgan fingerprint density at radius 1 is 1.45 bits per heavy atom. The van der Waals surface area contributed by atoms with Crippen LogP contribution in [0.15, 0.2) is 35.3 Å². The minimum atomic E-state index is -0.860. The summed E-state index contributed by atoms with van der Waals surface area (Å²) in [6.45, 7) is 5.63. The van der Waals surface area contributed by atoms with Gasteiger partial charge in [0, 0.05) is 17.6 Å². The second-order valence-corrected chi connectivity index (χ2v) is 6.18. The molecular formula is C16H20BrNO2. The van der Waals surface area contributed by atoms with Crippen molar-refractivity contribution >= 4 is 27.6 Å². The maximum Gasteiger partial charge on any atom is 0.337 e. The summed E-state index contributed by atoms with van der Waals surface area (Å²) in [4.78, 5) is 13.5. The Morgan fingerprint density at radius 3 is 2.75 bits per heavy atom. The highest BCUT2D eigenvalue weighted by Crippen LogP contribution is 2.30. The molecule has 0 saturated carbocycles. The molecule has 0 radical (unpaired) electrons. The lowest BCUT2D eigenvalue weighted by Crippen LogP contribution is -2.34. The van der Waals surface area contributed by atoms with Gasteiger partial charge < -0.3 is 10.0 Å². The SMILES string of the molecule is C=CCCC1CCN(c2cc(Br)ccc2C(=O)O)CC1. The number of anilines is 1. The third kappa shape index (κ3) is 3.63. The third-order valence-corrected chi connectivity index (χ3v) is 4.42. The number of hydrogen-bond donors (Lipinski definition) is 1. The van der Waals surface area contributed by atoms with E-state index in [-0.39, 0.29) is 0 Å². The van der Waals surface area contributed by atoms with Gasteiger partial charge in [0.1, 0.15) is 0 Å². The largest absolute Gasteiger partial charge is 0.478 e. The molecule has 0 aromatic heterocycles. The zero-order valence-corrected chi connectivity index (χ0v) is 13.1. The first-order valence-electron chi connectivity index (χ1n) is 7.00. The number of halogens is 1. The van der Waals surface area contributed by atoms with E-state index in [9.17, 15) is 9.90 Å². The predicted octanol–water partition coefficient (Wildman–Crippen LogP) is 4.33. The van der Waals surface area contributed by atoms with Crippen LogP contribution in [0.2, 0.25) is 0 Å². The van der Waals surface area contributed by atoms with E-state index >= 15 is 0 Å². The van der Waals surface area contributed by atoms with Crippen LogP contribution in [0.3, 0.4) is 0 Å². The molecule has 1 fully saturated rings. The van der Waals surface area contributed by atoms with E-state index in [1.54, 1.807) is 12.1 Å². The Balaban J connectivity index is 2.08. The van der Waals surface area contributed by atoms with Crippen molar-refractivity contribution in [1.82, 2.24) is 0 Å². The molecule has 2 rings (SSSR count). The smallest absolute Gasteiger partial charge is 0.337 e. The van der Waals surface area contributed by atoms with Crippen molar-refractivity contribution in [3.05, 3.63) is 40.9 Å². The summed E-state index contributed by atoms with van der Waals surface area (Å²) in [5.41, 5.74) is 1.21. The van der Waals surface area contributed by atoms with Crippen molar-refractivity contribution in [1.29, 1.82) is 0 Å². The van der Waals surface area contributed by atoms with Crippen LogP contribution in [0.1, 0.15) is 36.0 Å². The number of nitrogens with zero attached hydrogens (tertiary/aromatic N) is 1. The van der Waals surface area contributed by atoms with Crippen LogP contribution in [0, 0.1) is 5.92 Å². The molecule has 108 valence electrons. The average molecular weight is 338 g/mol. The van der Waals surface area contributed by atoms with Gasteiger partial charge in [-0.05, 0) is 49.8 Å². The van der Waals surface area contributed by atoms with Gasteiger partial charge in [-0.3, -0.25) is 0 Å². The van der Waals surface area contributed by atoms with Crippen LogP contribution < -0.4 is 4.90 Å². The number of piperidine rings is 1. The van der Waals surface area contributed by atoms with E-state index in [1.807, 2.05) is 12.1 Å². The van der Waals surface area contributed by atoms with E-state index in [0.29, 0.717) is 5.56 Å². The second kappa shape index (κ2) is 6.93. The number of carbonyl (C=O) groups is 1. The summed E-state index contributed by atoms with van der Waals surface area (Å²) in [5, 5.41) is 9.30. The molecule has 0 aliphatic carbocycles. The molecule has 0 spiro atoms. The summed E-state index contributed by atoms with van der Waals surface area (Å²) in [6.07, 6.45) is 6.49. The van der Waals surface area contributed by atoms with Crippen LogP contribution in [0.25, 0.3) is 0 Å². The van der Waals surface area contributed by atoms with E-state index in [0.717, 1.165) is 48.4 Å². The highest BCUT2D eigenvalue weighted by Gasteiger charge is 2.22. The van der Waals surface area contributed by atoms with Crippen molar-refractivity contribution in [2.24, 2.45) is 5.92 Å². The molecule has 0 amide bonds. The summed E-state index contributed by atoms with van der Waals surface area (Å²) >= 11 is 3.43. The second-order valence-electron chi connectivity index (χ2n) is 5.26. The fraction of sp³-hybridized carbons (Fsp3) is 0.438. The van der Waals surface area contributed by atoms with Gasteiger partial charge >= 0.3 is 5.97 Å². The molecule has 0 atom stereocenters. The average Bonchev–Trinajstić information content (AvgIpc) is 2.45. The van der Waals surface area contributed by atoms with Gasteiger partial charge in [-0.2, -0.15) is 0 Å². The van der Waals surface area contributed by atoms with E-state index in [4.69, 9.17) is 0 Å². The molecular weight excluding hydrogens is 318 g/mol. The Labute approximate surface area is 128 Å². The van der Waals surface area contributed by atoms with E-state index < -0.39 is 5.97 Å². The number of hydrogen-bond acceptors (Lipinski definition) is 2. The van der Waals surface area contributed by atoms with Gasteiger partial charge in [0.15, 0.2) is 0 Å². The number of rotatable bonds is 5. The maximum absolute atomic E-state index is 11.3. The molecule has 1 aliphatic heterocycles. The lowest BCUT2D eigenvalue weighted by Gasteiger charge is -2.34. The third-order valence-electron chi connectivity index (χ3n) is 3.92. The zero-order chi connectivity index (χ0) is 14.5. The van der Waals surface area contributed by atoms with Gasteiger partial charge in [0.25, 0.3) is 0 Å². The van der Waals surface area contributed by atoms with Gasteiger partial charge in [-0.25, -0.2) is 4.79 Å². The van der Waals surface area contributed by atoms with Crippen molar-refractivity contribution in [3.8, 4) is 0 Å². The summed E-state index contributed by atoms with van der Waals surface area (Å²) in [7, 11) is 0. The number of allylic oxidation sites excluding steroid dienone is 1. The molecule has 1 aromatic carbocycles. The summed E-state index contributed by atoms with van der Waals surface area (Å²) in [6, 6.07) is 5.36. The first-order valence-corrected chi connectivity index (χ1v) is 7.80. The summed E-state index contributed by atoms with van der Waals surface area (Å²) < 4.78 is 0.922. The maximum atomic E-state index is 11.3. The quantitative estimate of drug-likeness (QED) is 0.813. The highest BCUT2D eigenvalue weighted by atomic mass is 79.9. The van der Waals surface area contributed by atoms with Crippen LogP contribution in [0.5, 0.6) is 0 Å². The monoisotopic (exact) mass is 337 g/mol. The Hall–Kier alpha value is -1.29. The fourth-order valence-electron chi connectivity index (χ4n) is 2.76. The van der Waals surface area contributed by atoms with Crippen molar-refractivity contribution in [3.63, 3.8) is 0 Å². The molecule has 1 aromatic rings. The van der Waals surface area contributed by atoms with Crippen molar-refractivity contribution in [2.45, 2.75) is 25.7 Å². The first kappa shape index (κ1) is 15.1. The van der Waals surface area contributed by atoms with E-state index in [1.165, 1.54) is 6.42 Å².